The average Bonchev–Trinajstić information content (AvgIpc) is 2.70. The third-order valence-corrected chi connectivity index (χ3v) is 4.04. The van der Waals surface area contributed by atoms with Crippen LogP contribution in [0.15, 0.2) is 29.2 Å². The molecule has 19 heavy (non-hydrogen) atoms. The number of nitrogens with one attached hydrogen (secondary N) is 2. The molecule has 0 radical (unpaired) electrons. The Kier molecular flexibility index (Phi) is 3.54. The van der Waals surface area contributed by atoms with Crippen molar-refractivity contribution in [3.63, 3.8) is 0 Å². The van der Waals surface area contributed by atoms with E-state index >= 15 is 0 Å². The molecular formula is C11H12FN3O3S. The van der Waals surface area contributed by atoms with E-state index in [0.717, 1.165) is 6.07 Å². The smallest absolute Gasteiger partial charge is 0.265 e. The van der Waals surface area contributed by atoms with Gasteiger partial charge in [-0.1, -0.05) is 6.07 Å². The van der Waals surface area contributed by atoms with E-state index in [-0.39, 0.29) is 16.3 Å². The van der Waals surface area contributed by atoms with Crippen LogP contribution in [0.2, 0.25) is 0 Å². The van der Waals surface area contributed by atoms with Crippen molar-refractivity contribution in [1.29, 1.82) is 0 Å². The maximum atomic E-state index is 13.0. The highest BCUT2D eigenvalue weighted by atomic mass is 32.2. The van der Waals surface area contributed by atoms with Crippen molar-refractivity contribution in [1.82, 2.24) is 10.2 Å². The molecule has 6 nitrogen and oxygen atoms in total. The summed E-state index contributed by atoms with van der Waals surface area (Å²) in [4.78, 5) is -0.126. The summed E-state index contributed by atoms with van der Waals surface area (Å²) in [7, 11) is -3.93. The lowest BCUT2D eigenvalue weighted by atomic mass is 10.3. The molecule has 0 fully saturated rings. The molecule has 3 N–H and O–H groups in total. The minimum Gasteiger partial charge on any atom is -0.390 e. The van der Waals surface area contributed by atoms with E-state index in [1.165, 1.54) is 25.1 Å². The Hall–Kier alpha value is -1.93. The zero-order valence-corrected chi connectivity index (χ0v) is 10.8. The molecule has 2 rings (SSSR count). The fourth-order valence-electron chi connectivity index (χ4n) is 1.69. The standard InChI is InChI=1S/C11H12FN3O3S/c1-7-11(10(6-16)14-13-7)19(17,18)15-9-4-2-3-8(12)5-9/h2-5,15-16H,6H2,1H3,(H,13,14). The highest BCUT2D eigenvalue weighted by Gasteiger charge is 2.24. The molecule has 1 heterocycles. The quantitative estimate of drug-likeness (QED) is 0.785. The van der Waals surface area contributed by atoms with E-state index in [2.05, 4.69) is 14.9 Å². The molecular weight excluding hydrogens is 273 g/mol. The van der Waals surface area contributed by atoms with Crippen molar-refractivity contribution in [3.8, 4) is 0 Å². The molecule has 0 saturated carbocycles. The first-order valence-corrected chi connectivity index (χ1v) is 6.85. The van der Waals surface area contributed by atoms with Gasteiger partial charge < -0.3 is 5.11 Å². The second-order valence-corrected chi connectivity index (χ2v) is 5.52. The van der Waals surface area contributed by atoms with E-state index in [1.54, 1.807) is 0 Å². The van der Waals surface area contributed by atoms with Gasteiger partial charge in [0.2, 0.25) is 0 Å². The van der Waals surface area contributed by atoms with Crippen molar-refractivity contribution in [2.24, 2.45) is 0 Å². The summed E-state index contributed by atoms with van der Waals surface area (Å²) in [6, 6.07) is 5.09. The molecule has 0 aliphatic carbocycles. The van der Waals surface area contributed by atoms with Gasteiger partial charge in [0.05, 0.1) is 18.0 Å². The Morgan fingerprint density at radius 3 is 2.84 bits per heavy atom. The highest BCUT2D eigenvalue weighted by Crippen LogP contribution is 2.21. The molecule has 2 aromatic rings. The number of anilines is 1. The first-order chi connectivity index (χ1) is 8.94. The van der Waals surface area contributed by atoms with Crippen LogP contribution in [0.3, 0.4) is 0 Å². The van der Waals surface area contributed by atoms with Gasteiger partial charge >= 0.3 is 0 Å². The first-order valence-electron chi connectivity index (χ1n) is 5.37. The number of benzene rings is 1. The summed E-state index contributed by atoms with van der Waals surface area (Å²) < 4.78 is 39.6. The monoisotopic (exact) mass is 285 g/mol. The Balaban J connectivity index is 2.40. The van der Waals surface area contributed by atoms with E-state index in [4.69, 9.17) is 5.11 Å². The highest BCUT2D eigenvalue weighted by molar-refractivity contribution is 7.92. The van der Waals surface area contributed by atoms with Crippen LogP contribution in [-0.4, -0.2) is 23.7 Å². The molecule has 102 valence electrons. The van der Waals surface area contributed by atoms with Gasteiger partial charge in [-0.2, -0.15) is 5.10 Å². The van der Waals surface area contributed by atoms with Gasteiger partial charge in [-0.05, 0) is 25.1 Å². The molecule has 0 amide bonds. The van der Waals surface area contributed by atoms with Crippen LogP contribution in [-0.2, 0) is 16.6 Å². The molecule has 1 aromatic heterocycles. The summed E-state index contributed by atoms with van der Waals surface area (Å²) in [5.74, 6) is -0.550. The van der Waals surface area contributed by atoms with E-state index in [0.29, 0.717) is 5.69 Å². The SMILES string of the molecule is Cc1[nH]nc(CO)c1S(=O)(=O)Nc1cccc(F)c1. The number of aromatic nitrogens is 2. The number of aliphatic hydroxyl groups excluding tert-OH is 1. The minimum atomic E-state index is -3.93. The maximum Gasteiger partial charge on any atom is 0.265 e. The molecule has 0 aliphatic heterocycles. The number of aliphatic hydroxyl groups is 1. The van der Waals surface area contributed by atoms with Crippen molar-refractivity contribution in [2.45, 2.75) is 18.4 Å². The van der Waals surface area contributed by atoms with Gasteiger partial charge in [0.15, 0.2) is 0 Å². The number of hydrogen-bond donors (Lipinski definition) is 3. The van der Waals surface area contributed by atoms with Crippen LogP contribution in [0.4, 0.5) is 10.1 Å². The third kappa shape index (κ3) is 2.74. The topological polar surface area (TPSA) is 95.1 Å². The lowest BCUT2D eigenvalue weighted by Crippen LogP contribution is -2.15. The predicted molar refractivity (Wildman–Crippen MR) is 66.5 cm³/mol. The van der Waals surface area contributed by atoms with Crippen LogP contribution in [0.5, 0.6) is 0 Å². The van der Waals surface area contributed by atoms with Gasteiger partial charge in [-0.25, -0.2) is 12.8 Å². The Labute approximate surface area is 109 Å². The predicted octanol–water partition coefficient (Wildman–Crippen LogP) is 1.15. The number of aromatic amines is 1. The summed E-state index contributed by atoms with van der Waals surface area (Å²) in [5, 5.41) is 15.3. The van der Waals surface area contributed by atoms with Crippen LogP contribution in [0, 0.1) is 12.7 Å². The van der Waals surface area contributed by atoms with Crippen molar-refractivity contribution in [3.05, 3.63) is 41.5 Å². The fraction of sp³-hybridized carbons (Fsp3) is 0.182. The maximum absolute atomic E-state index is 13.0. The third-order valence-electron chi connectivity index (χ3n) is 2.46. The molecule has 1 aromatic carbocycles. The van der Waals surface area contributed by atoms with Gasteiger partial charge in [0.25, 0.3) is 10.0 Å². The number of H-pyrrole nitrogens is 1. The molecule has 0 atom stereocenters. The normalized spacial score (nSPS) is 11.5. The zero-order valence-electron chi connectivity index (χ0n) is 10.0. The van der Waals surface area contributed by atoms with Crippen molar-refractivity contribution >= 4 is 15.7 Å². The minimum absolute atomic E-state index is 0.0152. The summed E-state index contributed by atoms with van der Waals surface area (Å²) in [5.41, 5.74) is 0.416. The average molecular weight is 285 g/mol. The number of rotatable bonds is 4. The number of sulfonamides is 1. The van der Waals surface area contributed by atoms with E-state index < -0.39 is 22.4 Å². The Morgan fingerprint density at radius 2 is 2.21 bits per heavy atom. The lowest BCUT2D eigenvalue weighted by Gasteiger charge is -2.08. The second kappa shape index (κ2) is 4.98. The van der Waals surface area contributed by atoms with Gasteiger partial charge in [0, 0.05) is 0 Å². The Bertz CT molecular complexity index is 697. The summed E-state index contributed by atoms with van der Waals surface area (Å²) in [6.07, 6.45) is 0. The number of hydrogen-bond acceptors (Lipinski definition) is 4. The first kappa shape index (κ1) is 13.5. The number of halogens is 1. The zero-order chi connectivity index (χ0) is 14.0. The van der Waals surface area contributed by atoms with E-state index in [9.17, 15) is 12.8 Å². The molecule has 0 saturated heterocycles. The molecule has 0 bridgehead atoms. The summed E-state index contributed by atoms with van der Waals surface area (Å²) >= 11 is 0. The molecule has 0 spiro atoms. The number of nitrogens with zero attached hydrogens (tertiary/aromatic N) is 1. The van der Waals surface area contributed by atoms with Crippen LogP contribution >= 0.6 is 0 Å². The van der Waals surface area contributed by atoms with Crippen LogP contribution in [0.1, 0.15) is 11.4 Å². The van der Waals surface area contributed by atoms with Crippen molar-refractivity contribution in [2.75, 3.05) is 4.72 Å². The van der Waals surface area contributed by atoms with Gasteiger partial charge in [-0.3, -0.25) is 9.82 Å². The van der Waals surface area contributed by atoms with Crippen LogP contribution < -0.4 is 4.72 Å². The molecule has 0 aliphatic rings. The van der Waals surface area contributed by atoms with Gasteiger partial charge in [0.1, 0.15) is 16.4 Å². The molecule has 8 heteroatoms. The lowest BCUT2D eigenvalue weighted by molar-refractivity contribution is 0.273. The second-order valence-electron chi connectivity index (χ2n) is 3.90. The Morgan fingerprint density at radius 1 is 1.47 bits per heavy atom. The van der Waals surface area contributed by atoms with Crippen LogP contribution in [0.25, 0.3) is 0 Å². The van der Waals surface area contributed by atoms with Gasteiger partial charge in [-0.15, -0.1) is 0 Å². The summed E-state index contributed by atoms with van der Waals surface area (Å²) in [6.45, 7) is 1.01. The van der Waals surface area contributed by atoms with E-state index in [1.807, 2.05) is 0 Å². The molecule has 0 unspecified atom stereocenters. The number of aryl methyl sites for hydroxylation is 1. The largest absolute Gasteiger partial charge is 0.390 e. The fourth-order valence-corrected chi connectivity index (χ4v) is 3.10. The van der Waals surface area contributed by atoms with Crippen molar-refractivity contribution < 1.29 is 17.9 Å².